The fourth-order valence-corrected chi connectivity index (χ4v) is 10.5. The van der Waals surface area contributed by atoms with Crippen LogP contribution in [0.25, 0.3) is 83.8 Å². The van der Waals surface area contributed by atoms with Gasteiger partial charge >= 0.3 is 0 Å². The molecule has 0 amide bonds. The van der Waals surface area contributed by atoms with Crippen LogP contribution in [0.1, 0.15) is 0 Å². The van der Waals surface area contributed by atoms with Gasteiger partial charge in [-0.1, -0.05) is 133 Å². The molecule has 0 aliphatic carbocycles. The Balaban J connectivity index is 1.16. The minimum Gasteiger partial charge on any atom is -0.310 e. The predicted octanol–water partition coefficient (Wildman–Crippen LogP) is 15.0. The third-order valence-electron chi connectivity index (χ3n) is 10.4. The molecule has 0 fully saturated rings. The molecule has 0 bridgehead atoms. The van der Waals surface area contributed by atoms with E-state index in [1.165, 1.54) is 89.5 Å². The summed E-state index contributed by atoms with van der Waals surface area (Å²) in [6.07, 6.45) is 0. The van der Waals surface area contributed by atoms with Gasteiger partial charge in [-0.25, -0.2) is 0 Å². The minimum atomic E-state index is 1.15. The lowest BCUT2D eigenvalue weighted by Gasteiger charge is -2.28. The van der Waals surface area contributed by atoms with Crippen molar-refractivity contribution in [3.8, 4) is 11.1 Å². The van der Waals surface area contributed by atoms with Crippen LogP contribution in [0.3, 0.4) is 0 Å². The average molecular weight is 684 g/mol. The fourth-order valence-electron chi connectivity index (χ4n) is 7.96. The van der Waals surface area contributed by atoms with E-state index in [4.69, 9.17) is 0 Å². The van der Waals surface area contributed by atoms with Crippen LogP contribution in [0.2, 0.25) is 0 Å². The zero-order chi connectivity index (χ0) is 33.5. The van der Waals surface area contributed by atoms with Crippen LogP contribution in [0, 0.1) is 0 Å². The van der Waals surface area contributed by atoms with E-state index in [0.29, 0.717) is 0 Å². The molecule has 0 radical (unpaired) electrons. The van der Waals surface area contributed by atoms with E-state index in [0.717, 1.165) is 11.4 Å². The molecular formula is C48H29NS2. The summed E-state index contributed by atoms with van der Waals surface area (Å²) in [5.41, 5.74) is 6.04. The Labute approximate surface area is 302 Å². The van der Waals surface area contributed by atoms with Gasteiger partial charge in [-0.05, 0) is 75.1 Å². The van der Waals surface area contributed by atoms with Gasteiger partial charge in [-0.2, -0.15) is 0 Å². The molecule has 0 spiro atoms. The molecule has 9 aromatic carbocycles. The number of hydrogen-bond acceptors (Lipinski definition) is 3. The SMILES string of the molecule is c1ccc2cc(N(c3ccc4ccccc4c3)c3cc4c5ccc(-c6cccc7c6sc6ccccc67)cc5sc4c4ccccc34)ccc2c1. The van der Waals surface area contributed by atoms with E-state index in [1.54, 1.807) is 0 Å². The summed E-state index contributed by atoms with van der Waals surface area (Å²) in [5.74, 6) is 0. The molecule has 0 saturated carbocycles. The van der Waals surface area contributed by atoms with Crippen molar-refractivity contribution in [3.05, 3.63) is 176 Å². The van der Waals surface area contributed by atoms with Crippen molar-refractivity contribution >= 4 is 112 Å². The molecule has 3 heteroatoms. The minimum absolute atomic E-state index is 1.15. The lowest BCUT2D eigenvalue weighted by Crippen LogP contribution is -2.10. The highest BCUT2D eigenvalue weighted by atomic mass is 32.1. The van der Waals surface area contributed by atoms with Crippen LogP contribution >= 0.6 is 22.7 Å². The first-order chi connectivity index (χ1) is 25.3. The molecule has 0 unspecified atom stereocenters. The monoisotopic (exact) mass is 683 g/mol. The fraction of sp³-hybridized carbons (Fsp3) is 0. The molecule has 238 valence electrons. The smallest absolute Gasteiger partial charge is 0.0547 e. The zero-order valence-electron chi connectivity index (χ0n) is 27.5. The molecule has 0 aliphatic heterocycles. The van der Waals surface area contributed by atoms with E-state index in [2.05, 4.69) is 181 Å². The summed E-state index contributed by atoms with van der Waals surface area (Å²) in [5, 5.41) is 12.7. The first kappa shape index (κ1) is 28.8. The maximum Gasteiger partial charge on any atom is 0.0547 e. The predicted molar refractivity (Wildman–Crippen MR) is 225 cm³/mol. The first-order valence-electron chi connectivity index (χ1n) is 17.3. The van der Waals surface area contributed by atoms with E-state index in [9.17, 15) is 0 Å². The number of rotatable bonds is 4. The average Bonchev–Trinajstić information content (AvgIpc) is 3.76. The quantitative estimate of drug-likeness (QED) is 0.178. The molecule has 51 heavy (non-hydrogen) atoms. The second-order valence-corrected chi connectivity index (χ2v) is 15.4. The molecule has 1 nitrogen and oxygen atoms in total. The standard InChI is InChI=1S/C48H29NS2/c1-3-12-32-26-35(23-20-30(32)10-1)49(36-24-21-31-11-2-4-13-33(31)27-36)44-29-43-40-25-22-34(28-46(40)51-48(43)41-16-6-5-14-38(41)44)37-17-9-18-42-39-15-7-8-19-45(39)50-47(37)42/h1-29H. The molecule has 0 saturated heterocycles. The molecule has 2 aromatic heterocycles. The molecule has 0 aliphatic rings. The number of benzene rings is 9. The summed E-state index contributed by atoms with van der Waals surface area (Å²) < 4.78 is 5.34. The van der Waals surface area contributed by atoms with E-state index < -0.39 is 0 Å². The molecular weight excluding hydrogens is 655 g/mol. The van der Waals surface area contributed by atoms with Gasteiger partial charge in [-0.3, -0.25) is 0 Å². The van der Waals surface area contributed by atoms with Gasteiger partial charge in [0, 0.05) is 62.5 Å². The van der Waals surface area contributed by atoms with Gasteiger partial charge in [0.25, 0.3) is 0 Å². The van der Waals surface area contributed by atoms with E-state index in [1.807, 2.05) is 22.7 Å². The highest BCUT2D eigenvalue weighted by Crippen LogP contribution is 2.48. The van der Waals surface area contributed by atoms with Gasteiger partial charge in [0.2, 0.25) is 0 Å². The molecule has 0 atom stereocenters. The van der Waals surface area contributed by atoms with Crippen LogP contribution in [0.15, 0.2) is 176 Å². The van der Waals surface area contributed by atoms with Crippen LogP contribution in [0.5, 0.6) is 0 Å². The Kier molecular flexibility index (Phi) is 6.36. The summed E-state index contributed by atoms with van der Waals surface area (Å²) in [6, 6.07) is 65.0. The maximum absolute atomic E-state index is 2.46. The Morgan fingerprint density at radius 1 is 0.333 bits per heavy atom. The van der Waals surface area contributed by atoms with Crippen molar-refractivity contribution in [2.24, 2.45) is 0 Å². The second-order valence-electron chi connectivity index (χ2n) is 13.3. The number of thiophene rings is 2. The molecule has 2 heterocycles. The number of hydrogen-bond donors (Lipinski definition) is 0. The molecule has 0 N–H and O–H groups in total. The van der Waals surface area contributed by atoms with Crippen molar-refractivity contribution in [2.45, 2.75) is 0 Å². The van der Waals surface area contributed by atoms with E-state index >= 15 is 0 Å². The van der Waals surface area contributed by atoms with Crippen LogP contribution < -0.4 is 4.90 Å². The topological polar surface area (TPSA) is 3.24 Å². The van der Waals surface area contributed by atoms with Crippen molar-refractivity contribution in [1.29, 1.82) is 0 Å². The van der Waals surface area contributed by atoms with Gasteiger partial charge in [0.1, 0.15) is 0 Å². The highest BCUT2D eigenvalue weighted by Gasteiger charge is 2.21. The lowest BCUT2D eigenvalue weighted by molar-refractivity contribution is 1.31. The second kappa shape index (κ2) is 11.3. The van der Waals surface area contributed by atoms with Crippen LogP contribution in [-0.2, 0) is 0 Å². The summed E-state index contributed by atoms with van der Waals surface area (Å²) >= 11 is 3.81. The van der Waals surface area contributed by atoms with Crippen LogP contribution in [0.4, 0.5) is 17.1 Å². The van der Waals surface area contributed by atoms with Gasteiger partial charge in [0.15, 0.2) is 0 Å². The maximum atomic E-state index is 2.46. The van der Waals surface area contributed by atoms with Crippen LogP contribution in [-0.4, -0.2) is 0 Å². The van der Waals surface area contributed by atoms with Gasteiger partial charge < -0.3 is 4.90 Å². The number of nitrogens with zero attached hydrogens (tertiary/aromatic N) is 1. The van der Waals surface area contributed by atoms with Gasteiger partial charge in [-0.15, -0.1) is 22.7 Å². The van der Waals surface area contributed by atoms with Crippen molar-refractivity contribution < 1.29 is 0 Å². The third-order valence-corrected chi connectivity index (χ3v) is 12.8. The molecule has 11 rings (SSSR count). The Bertz CT molecular complexity index is 3090. The Hall–Kier alpha value is -6.00. The van der Waals surface area contributed by atoms with Crippen molar-refractivity contribution in [1.82, 2.24) is 0 Å². The zero-order valence-corrected chi connectivity index (χ0v) is 29.1. The summed E-state index contributed by atoms with van der Waals surface area (Å²) in [4.78, 5) is 2.46. The number of fused-ring (bicyclic) bond motifs is 10. The molecule has 11 aromatic rings. The summed E-state index contributed by atoms with van der Waals surface area (Å²) in [6.45, 7) is 0. The Morgan fingerprint density at radius 3 is 1.65 bits per heavy atom. The van der Waals surface area contributed by atoms with Crippen molar-refractivity contribution in [2.75, 3.05) is 4.90 Å². The highest BCUT2D eigenvalue weighted by molar-refractivity contribution is 7.27. The first-order valence-corrected chi connectivity index (χ1v) is 19.0. The Morgan fingerprint density at radius 2 is 0.902 bits per heavy atom. The lowest BCUT2D eigenvalue weighted by atomic mass is 9.99. The van der Waals surface area contributed by atoms with Gasteiger partial charge in [0.05, 0.1) is 5.69 Å². The van der Waals surface area contributed by atoms with Crippen molar-refractivity contribution in [3.63, 3.8) is 0 Å². The largest absolute Gasteiger partial charge is 0.310 e. The van der Waals surface area contributed by atoms with E-state index in [-0.39, 0.29) is 0 Å². The normalized spacial score (nSPS) is 11.9. The third kappa shape index (κ3) is 4.52. The summed E-state index contributed by atoms with van der Waals surface area (Å²) in [7, 11) is 0. The number of anilines is 3.